The van der Waals surface area contributed by atoms with E-state index in [9.17, 15) is 9.90 Å². The van der Waals surface area contributed by atoms with Gasteiger partial charge in [-0.2, -0.15) is 0 Å². The third kappa shape index (κ3) is 5.33. The number of piperidine rings is 1. The molecule has 2 rings (SSSR count). The molecule has 2 atom stereocenters. The SMILES string of the molecule is CC(C)C(NC(=O)CN1CCC(C(C)O)CC1)c1ccccc1. The van der Waals surface area contributed by atoms with Crippen molar-refractivity contribution in [2.75, 3.05) is 19.6 Å². The highest BCUT2D eigenvalue weighted by atomic mass is 16.3. The summed E-state index contributed by atoms with van der Waals surface area (Å²) in [6.07, 6.45) is 1.70. The molecule has 4 heteroatoms. The Hall–Kier alpha value is -1.39. The molecule has 2 N–H and O–H groups in total. The summed E-state index contributed by atoms with van der Waals surface area (Å²) in [6, 6.07) is 10.2. The second-order valence-corrected chi connectivity index (χ2v) is 7.05. The molecule has 128 valence electrons. The lowest BCUT2D eigenvalue weighted by atomic mass is 9.92. The topological polar surface area (TPSA) is 52.6 Å². The third-order valence-electron chi connectivity index (χ3n) is 4.82. The van der Waals surface area contributed by atoms with Crippen molar-refractivity contribution in [3.63, 3.8) is 0 Å². The minimum atomic E-state index is -0.241. The molecule has 0 saturated carbocycles. The first-order chi connectivity index (χ1) is 11.0. The van der Waals surface area contributed by atoms with E-state index >= 15 is 0 Å². The molecule has 1 fully saturated rings. The molecule has 0 aromatic heterocycles. The summed E-state index contributed by atoms with van der Waals surface area (Å²) in [7, 11) is 0. The van der Waals surface area contributed by atoms with Crippen LogP contribution in [0, 0.1) is 11.8 Å². The number of likely N-dealkylation sites (tertiary alicyclic amines) is 1. The Bertz CT molecular complexity index is 479. The summed E-state index contributed by atoms with van der Waals surface area (Å²) in [5.41, 5.74) is 1.16. The van der Waals surface area contributed by atoms with Crippen molar-refractivity contribution >= 4 is 5.91 Å². The Balaban J connectivity index is 1.86. The molecule has 0 spiro atoms. The van der Waals surface area contributed by atoms with Gasteiger partial charge in [0, 0.05) is 0 Å². The predicted molar refractivity (Wildman–Crippen MR) is 93.0 cm³/mol. The first-order valence-corrected chi connectivity index (χ1v) is 8.72. The van der Waals surface area contributed by atoms with Gasteiger partial charge in [0.1, 0.15) is 0 Å². The number of rotatable bonds is 6. The number of aliphatic hydroxyl groups excluding tert-OH is 1. The van der Waals surface area contributed by atoms with Gasteiger partial charge in [-0.3, -0.25) is 9.69 Å². The molecule has 1 aliphatic heterocycles. The van der Waals surface area contributed by atoms with Gasteiger partial charge < -0.3 is 10.4 Å². The zero-order chi connectivity index (χ0) is 16.8. The summed E-state index contributed by atoms with van der Waals surface area (Å²) in [5.74, 6) is 0.812. The largest absolute Gasteiger partial charge is 0.393 e. The van der Waals surface area contributed by atoms with Crippen molar-refractivity contribution in [2.24, 2.45) is 11.8 Å². The van der Waals surface area contributed by atoms with Crippen molar-refractivity contribution < 1.29 is 9.90 Å². The fraction of sp³-hybridized carbons (Fsp3) is 0.632. The van der Waals surface area contributed by atoms with Crippen LogP contribution < -0.4 is 5.32 Å². The second-order valence-electron chi connectivity index (χ2n) is 7.05. The van der Waals surface area contributed by atoms with Crippen molar-refractivity contribution in [3.05, 3.63) is 35.9 Å². The maximum absolute atomic E-state index is 12.4. The monoisotopic (exact) mass is 318 g/mol. The fourth-order valence-electron chi connectivity index (χ4n) is 3.31. The molecular weight excluding hydrogens is 288 g/mol. The summed E-state index contributed by atoms with van der Waals surface area (Å²) in [5, 5.41) is 12.8. The van der Waals surface area contributed by atoms with E-state index < -0.39 is 0 Å². The predicted octanol–water partition coefficient (Wildman–Crippen LogP) is 2.59. The third-order valence-corrected chi connectivity index (χ3v) is 4.82. The molecule has 23 heavy (non-hydrogen) atoms. The first-order valence-electron chi connectivity index (χ1n) is 8.72. The number of amides is 1. The van der Waals surface area contributed by atoms with E-state index in [1.165, 1.54) is 0 Å². The normalized spacial score (nSPS) is 19.5. The number of carbonyl (C=O) groups is 1. The van der Waals surface area contributed by atoms with Crippen LogP contribution >= 0.6 is 0 Å². The van der Waals surface area contributed by atoms with Crippen LogP contribution in [0.1, 0.15) is 45.2 Å². The molecule has 1 saturated heterocycles. The fourth-order valence-corrected chi connectivity index (χ4v) is 3.31. The van der Waals surface area contributed by atoms with Gasteiger partial charge in [0.05, 0.1) is 18.7 Å². The Morgan fingerprint density at radius 2 is 1.83 bits per heavy atom. The van der Waals surface area contributed by atoms with E-state index in [4.69, 9.17) is 0 Å². The van der Waals surface area contributed by atoms with Crippen LogP contribution in [-0.2, 0) is 4.79 Å². The van der Waals surface area contributed by atoms with Crippen LogP contribution in [-0.4, -0.2) is 41.7 Å². The number of nitrogens with one attached hydrogen (secondary N) is 1. The van der Waals surface area contributed by atoms with Crippen LogP contribution in [0.3, 0.4) is 0 Å². The van der Waals surface area contributed by atoms with Crippen LogP contribution in [0.2, 0.25) is 0 Å². The number of carbonyl (C=O) groups excluding carboxylic acids is 1. The number of hydrogen-bond donors (Lipinski definition) is 2. The minimum Gasteiger partial charge on any atom is -0.393 e. The van der Waals surface area contributed by atoms with Gasteiger partial charge in [-0.25, -0.2) is 0 Å². The van der Waals surface area contributed by atoms with Gasteiger partial charge in [-0.1, -0.05) is 44.2 Å². The number of aliphatic hydroxyl groups is 1. The van der Waals surface area contributed by atoms with E-state index in [-0.39, 0.29) is 18.1 Å². The number of nitrogens with zero attached hydrogens (tertiary/aromatic N) is 1. The highest BCUT2D eigenvalue weighted by Crippen LogP contribution is 2.22. The summed E-state index contributed by atoms with van der Waals surface area (Å²) in [6.45, 7) is 8.35. The molecular formula is C19H30N2O2. The van der Waals surface area contributed by atoms with Crippen LogP contribution in [0.15, 0.2) is 30.3 Å². The van der Waals surface area contributed by atoms with E-state index in [2.05, 4.69) is 36.2 Å². The highest BCUT2D eigenvalue weighted by molar-refractivity contribution is 5.78. The number of hydrogen-bond acceptors (Lipinski definition) is 3. The van der Waals surface area contributed by atoms with Crippen LogP contribution in [0.25, 0.3) is 0 Å². The van der Waals surface area contributed by atoms with Crippen LogP contribution in [0.4, 0.5) is 0 Å². The molecule has 2 unspecified atom stereocenters. The standard InChI is InChI=1S/C19H30N2O2/c1-14(2)19(17-7-5-4-6-8-17)20-18(23)13-21-11-9-16(10-12-21)15(3)22/h4-8,14-16,19,22H,9-13H2,1-3H3,(H,20,23). The zero-order valence-electron chi connectivity index (χ0n) is 14.5. The smallest absolute Gasteiger partial charge is 0.234 e. The van der Waals surface area contributed by atoms with Gasteiger partial charge in [0.2, 0.25) is 5.91 Å². The van der Waals surface area contributed by atoms with Crippen molar-refractivity contribution in [3.8, 4) is 0 Å². The second kappa shape index (κ2) is 8.46. The summed E-state index contributed by atoms with van der Waals surface area (Å²) < 4.78 is 0. The molecule has 1 aliphatic rings. The van der Waals surface area contributed by atoms with Gasteiger partial charge in [0.25, 0.3) is 0 Å². The van der Waals surface area contributed by atoms with E-state index in [0.717, 1.165) is 31.5 Å². The quantitative estimate of drug-likeness (QED) is 0.848. The lowest BCUT2D eigenvalue weighted by molar-refractivity contribution is -0.123. The molecule has 1 aromatic rings. The Labute approximate surface area is 139 Å². The highest BCUT2D eigenvalue weighted by Gasteiger charge is 2.25. The van der Waals surface area contributed by atoms with Crippen molar-refractivity contribution in [2.45, 2.75) is 45.8 Å². The summed E-state index contributed by atoms with van der Waals surface area (Å²) >= 11 is 0. The van der Waals surface area contributed by atoms with Crippen molar-refractivity contribution in [1.82, 2.24) is 10.2 Å². The Kier molecular flexibility index (Phi) is 6.60. The van der Waals surface area contributed by atoms with E-state index in [0.29, 0.717) is 18.4 Å². The van der Waals surface area contributed by atoms with Crippen molar-refractivity contribution in [1.29, 1.82) is 0 Å². The van der Waals surface area contributed by atoms with Gasteiger partial charge >= 0.3 is 0 Å². The maximum atomic E-state index is 12.4. The molecule has 4 nitrogen and oxygen atoms in total. The lowest BCUT2D eigenvalue weighted by Gasteiger charge is -2.33. The number of benzene rings is 1. The van der Waals surface area contributed by atoms with E-state index in [1.807, 2.05) is 25.1 Å². The minimum absolute atomic E-state index is 0.0544. The summed E-state index contributed by atoms with van der Waals surface area (Å²) in [4.78, 5) is 14.6. The average Bonchev–Trinajstić information content (AvgIpc) is 2.53. The van der Waals surface area contributed by atoms with E-state index in [1.54, 1.807) is 0 Å². The molecule has 0 aliphatic carbocycles. The average molecular weight is 318 g/mol. The first kappa shape index (κ1) is 18.0. The Morgan fingerprint density at radius 3 is 2.35 bits per heavy atom. The molecule has 1 aromatic carbocycles. The Morgan fingerprint density at radius 1 is 1.22 bits per heavy atom. The van der Waals surface area contributed by atoms with Gasteiger partial charge in [-0.15, -0.1) is 0 Å². The van der Waals surface area contributed by atoms with Gasteiger partial charge in [-0.05, 0) is 50.3 Å². The molecule has 1 heterocycles. The molecule has 0 bridgehead atoms. The zero-order valence-corrected chi connectivity index (χ0v) is 14.5. The maximum Gasteiger partial charge on any atom is 0.234 e. The molecule has 0 radical (unpaired) electrons. The lowest BCUT2D eigenvalue weighted by Crippen LogP contribution is -2.44. The van der Waals surface area contributed by atoms with Crippen LogP contribution in [0.5, 0.6) is 0 Å². The molecule has 1 amide bonds. The van der Waals surface area contributed by atoms with Gasteiger partial charge in [0.15, 0.2) is 0 Å².